The van der Waals surface area contributed by atoms with E-state index in [0.29, 0.717) is 22.3 Å². The van der Waals surface area contributed by atoms with Crippen molar-refractivity contribution in [1.82, 2.24) is 9.55 Å². The molecule has 2 aliphatic heterocycles. The van der Waals surface area contributed by atoms with Crippen LogP contribution in [0.3, 0.4) is 0 Å². The predicted octanol–water partition coefficient (Wildman–Crippen LogP) is 3.11. The van der Waals surface area contributed by atoms with E-state index in [9.17, 15) is 24.3 Å². The molecule has 1 amide bonds. The lowest BCUT2D eigenvalue weighted by atomic mass is 9.86. The lowest BCUT2D eigenvalue weighted by Gasteiger charge is -2.31. The van der Waals surface area contributed by atoms with E-state index in [4.69, 9.17) is 21.1 Å². The summed E-state index contributed by atoms with van der Waals surface area (Å²) >= 11 is 5.29. The zero-order valence-electron chi connectivity index (χ0n) is 20.3. The van der Waals surface area contributed by atoms with E-state index in [1.807, 2.05) is 0 Å². The Balaban J connectivity index is 1.54. The molecule has 4 heterocycles. The Morgan fingerprint density at radius 3 is 2.74 bits per heavy atom. The number of carbonyl (C=O) groups excluding carboxylic acids is 3. The third-order valence-electron chi connectivity index (χ3n) is 6.86. The normalized spacial score (nSPS) is 17.3. The first-order chi connectivity index (χ1) is 18.0. The zero-order chi connectivity index (χ0) is 27.5. The van der Waals surface area contributed by atoms with Gasteiger partial charge in [-0.3, -0.25) is 14.5 Å². The zero-order valence-corrected chi connectivity index (χ0v) is 21.1. The van der Waals surface area contributed by atoms with Crippen LogP contribution in [0.2, 0.25) is 0 Å². The number of pyridine rings is 2. The lowest BCUT2D eigenvalue weighted by molar-refractivity contribution is -0.172. The first-order valence-corrected chi connectivity index (χ1v) is 11.9. The third-order valence-corrected chi connectivity index (χ3v) is 7.13. The van der Waals surface area contributed by atoms with Crippen LogP contribution in [0.5, 0.6) is 0 Å². The number of rotatable bonds is 5. The molecule has 10 nitrogen and oxygen atoms in total. The Morgan fingerprint density at radius 1 is 1.32 bits per heavy atom. The Hall–Kier alpha value is -4.09. The SMILES string of the molecule is C=C(COC(=O)N(C)c1cc2cc3c(nc2cc1F)-c1cc2c(c(=O)n1C3)COC(=O)[C@]2(O)CC)C(=O)Cl. The minimum atomic E-state index is -1.95. The number of aliphatic hydroxyl groups is 1. The molecule has 5 rings (SSSR count). The number of anilines is 1. The van der Waals surface area contributed by atoms with Crippen molar-refractivity contribution in [2.75, 3.05) is 18.6 Å². The second kappa shape index (κ2) is 9.03. The summed E-state index contributed by atoms with van der Waals surface area (Å²) in [5.41, 5.74) is -0.484. The number of aromatic nitrogens is 2. The van der Waals surface area contributed by atoms with Gasteiger partial charge in [0, 0.05) is 35.2 Å². The minimum absolute atomic E-state index is 0.0139. The average Bonchev–Trinajstić information content (AvgIpc) is 3.25. The molecular weight excluding hydrogens is 521 g/mol. The van der Waals surface area contributed by atoms with Gasteiger partial charge in [0.2, 0.25) is 0 Å². The van der Waals surface area contributed by atoms with E-state index in [1.165, 1.54) is 17.7 Å². The number of halogens is 2. The van der Waals surface area contributed by atoms with Gasteiger partial charge in [0.1, 0.15) is 19.0 Å². The van der Waals surface area contributed by atoms with Gasteiger partial charge in [-0.25, -0.2) is 19.0 Å². The summed E-state index contributed by atoms with van der Waals surface area (Å²) in [7, 11) is 1.30. The number of benzene rings is 1. The van der Waals surface area contributed by atoms with Crippen LogP contribution in [0.25, 0.3) is 22.3 Å². The maximum absolute atomic E-state index is 15.1. The van der Waals surface area contributed by atoms with Crippen molar-refractivity contribution in [2.45, 2.75) is 32.1 Å². The summed E-state index contributed by atoms with van der Waals surface area (Å²) in [6, 6.07) is 5.86. The molecule has 0 saturated carbocycles. The number of nitrogens with zero attached hydrogens (tertiary/aromatic N) is 3. The van der Waals surface area contributed by atoms with Crippen LogP contribution in [0.15, 0.2) is 41.2 Å². The standard InChI is InChI=1S/C26H21ClFN3O7/c1-4-26(36)16-7-20-21-14(9-31(20)23(33)15(16)11-37-24(26)34)5-13-6-19(17(28)8-18(13)29-21)30(3)25(35)38-10-12(2)22(27)32/h5-8,36H,2,4,9-11H2,1,3H3/t26-/m0/s1. The van der Waals surface area contributed by atoms with Crippen molar-refractivity contribution in [3.05, 3.63) is 69.3 Å². The Bertz CT molecular complexity index is 1650. The maximum Gasteiger partial charge on any atom is 0.414 e. The molecule has 1 atom stereocenters. The number of hydrogen-bond donors (Lipinski definition) is 1. The first-order valence-electron chi connectivity index (χ1n) is 11.5. The van der Waals surface area contributed by atoms with Crippen LogP contribution in [0.4, 0.5) is 14.9 Å². The number of ether oxygens (including phenoxy) is 2. The van der Waals surface area contributed by atoms with Gasteiger partial charge in [0.15, 0.2) is 5.60 Å². The Kier molecular flexibility index (Phi) is 6.07. The quantitative estimate of drug-likeness (QED) is 0.232. The Labute approximate surface area is 219 Å². The van der Waals surface area contributed by atoms with Gasteiger partial charge in [-0.05, 0) is 36.2 Å². The van der Waals surface area contributed by atoms with Crippen LogP contribution in [0.1, 0.15) is 30.0 Å². The number of esters is 1. The first kappa shape index (κ1) is 25.6. The summed E-state index contributed by atoms with van der Waals surface area (Å²) in [4.78, 5) is 54.6. The van der Waals surface area contributed by atoms with Gasteiger partial charge >= 0.3 is 12.1 Å². The molecular formula is C26H21ClFN3O7. The molecule has 12 heteroatoms. The number of hydrogen-bond acceptors (Lipinski definition) is 8. The van der Waals surface area contributed by atoms with E-state index in [1.54, 1.807) is 19.1 Å². The smallest absolute Gasteiger partial charge is 0.414 e. The van der Waals surface area contributed by atoms with E-state index >= 15 is 4.39 Å². The molecule has 0 spiro atoms. The van der Waals surface area contributed by atoms with Crippen molar-refractivity contribution in [1.29, 1.82) is 0 Å². The number of amides is 1. The molecule has 0 aliphatic carbocycles. The molecule has 0 unspecified atom stereocenters. The van der Waals surface area contributed by atoms with E-state index in [-0.39, 0.29) is 47.5 Å². The molecule has 2 aromatic heterocycles. The molecule has 3 aromatic rings. The van der Waals surface area contributed by atoms with Crippen molar-refractivity contribution in [2.24, 2.45) is 0 Å². The van der Waals surface area contributed by atoms with E-state index in [2.05, 4.69) is 11.6 Å². The van der Waals surface area contributed by atoms with E-state index < -0.39 is 40.9 Å². The number of fused-ring (bicyclic) bond motifs is 5. The van der Waals surface area contributed by atoms with Crippen molar-refractivity contribution in [3.8, 4) is 11.4 Å². The van der Waals surface area contributed by atoms with Crippen molar-refractivity contribution >= 4 is 45.5 Å². The molecule has 0 saturated heterocycles. The molecule has 1 aromatic carbocycles. The van der Waals surface area contributed by atoms with Crippen LogP contribution in [-0.2, 0) is 37.8 Å². The predicted molar refractivity (Wildman–Crippen MR) is 134 cm³/mol. The number of cyclic esters (lactones) is 1. The van der Waals surface area contributed by atoms with Crippen molar-refractivity contribution in [3.63, 3.8) is 0 Å². The second-order valence-corrected chi connectivity index (χ2v) is 9.43. The molecule has 0 radical (unpaired) electrons. The summed E-state index contributed by atoms with van der Waals surface area (Å²) < 4.78 is 26.6. The maximum atomic E-state index is 15.1. The molecule has 1 N–H and O–H groups in total. The highest BCUT2D eigenvalue weighted by Crippen LogP contribution is 2.39. The summed E-state index contributed by atoms with van der Waals surface area (Å²) in [5, 5.41) is 10.6. The van der Waals surface area contributed by atoms with Gasteiger partial charge in [-0.1, -0.05) is 13.5 Å². The lowest BCUT2D eigenvalue weighted by Crippen LogP contribution is -2.44. The van der Waals surface area contributed by atoms with Crippen LogP contribution in [-0.4, -0.2) is 45.6 Å². The van der Waals surface area contributed by atoms with Gasteiger partial charge in [0.05, 0.1) is 34.7 Å². The van der Waals surface area contributed by atoms with Gasteiger partial charge in [-0.2, -0.15) is 0 Å². The minimum Gasteiger partial charge on any atom is -0.458 e. The number of carbonyl (C=O) groups is 3. The topological polar surface area (TPSA) is 128 Å². The third kappa shape index (κ3) is 3.86. The largest absolute Gasteiger partial charge is 0.458 e. The van der Waals surface area contributed by atoms with Crippen LogP contribution >= 0.6 is 11.6 Å². The van der Waals surface area contributed by atoms with E-state index in [0.717, 1.165) is 11.0 Å². The van der Waals surface area contributed by atoms with Gasteiger partial charge in [0.25, 0.3) is 10.8 Å². The average molecular weight is 542 g/mol. The molecule has 0 fully saturated rings. The van der Waals surface area contributed by atoms with Gasteiger partial charge in [-0.15, -0.1) is 0 Å². The fraction of sp³-hybridized carbons (Fsp3) is 0.269. The van der Waals surface area contributed by atoms with Gasteiger partial charge < -0.3 is 19.1 Å². The summed E-state index contributed by atoms with van der Waals surface area (Å²) in [6.45, 7) is 4.48. The molecule has 196 valence electrons. The highest BCUT2D eigenvalue weighted by molar-refractivity contribution is 6.67. The van der Waals surface area contributed by atoms with Crippen LogP contribution < -0.4 is 10.5 Å². The van der Waals surface area contributed by atoms with Crippen molar-refractivity contribution < 1.29 is 33.4 Å². The highest BCUT2D eigenvalue weighted by atomic mass is 35.5. The fourth-order valence-electron chi connectivity index (χ4n) is 4.65. The summed E-state index contributed by atoms with van der Waals surface area (Å²) in [5.74, 6) is -1.59. The molecule has 0 bridgehead atoms. The molecule has 2 aliphatic rings. The summed E-state index contributed by atoms with van der Waals surface area (Å²) in [6.07, 6.45) is -0.916. The second-order valence-electron chi connectivity index (χ2n) is 9.09. The highest BCUT2D eigenvalue weighted by Gasteiger charge is 2.45. The Morgan fingerprint density at radius 2 is 2.05 bits per heavy atom. The monoisotopic (exact) mass is 541 g/mol. The molecule has 38 heavy (non-hydrogen) atoms. The fourth-order valence-corrected chi connectivity index (χ4v) is 4.71. The van der Waals surface area contributed by atoms with Crippen LogP contribution in [0, 0.1) is 5.82 Å².